The van der Waals surface area contributed by atoms with Crippen molar-refractivity contribution >= 4 is 29.1 Å². The quantitative estimate of drug-likeness (QED) is 0.760. The van der Waals surface area contributed by atoms with Crippen LogP contribution in [0, 0.1) is 0 Å². The van der Waals surface area contributed by atoms with Gasteiger partial charge in [-0.15, -0.1) is 0 Å². The second kappa shape index (κ2) is 7.08. The van der Waals surface area contributed by atoms with E-state index >= 15 is 0 Å². The molecule has 27 heavy (non-hydrogen) atoms. The summed E-state index contributed by atoms with van der Waals surface area (Å²) < 4.78 is 5.41. The van der Waals surface area contributed by atoms with Crippen LogP contribution in [0.2, 0.25) is 0 Å². The second-order valence-electron chi connectivity index (χ2n) is 6.48. The molecule has 2 heterocycles. The van der Waals surface area contributed by atoms with Crippen molar-refractivity contribution in [3.8, 4) is 5.75 Å². The molecule has 0 saturated heterocycles. The number of imide groups is 1. The number of carbonyl (C=O) groups is 2. The van der Waals surface area contributed by atoms with E-state index in [2.05, 4.69) is 6.07 Å². The normalized spacial score (nSPS) is 16.8. The van der Waals surface area contributed by atoms with E-state index in [1.54, 1.807) is 24.3 Å². The molecule has 138 valence electrons. The Labute approximate surface area is 162 Å². The molecule has 0 bridgehead atoms. The predicted octanol–water partition coefficient (Wildman–Crippen LogP) is 3.47. The van der Waals surface area contributed by atoms with Crippen molar-refractivity contribution < 1.29 is 14.3 Å². The van der Waals surface area contributed by atoms with Crippen molar-refractivity contribution in [2.45, 2.75) is 19.9 Å². The molecular weight excluding hydrogens is 364 g/mol. The molecule has 0 fully saturated rings. The molecule has 6 heteroatoms. The average molecular weight is 383 g/mol. The zero-order chi connectivity index (χ0) is 19.0. The number of halogens is 1. The number of hydrogen-bond donors (Lipinski definition) is 0. The van der Waals surface area contributed by atoms with E-state index in [4.69, 9.17) is 16.3 Å². The van der Waals surface area contributed by atoms with Gasteiger partial charge < -0.3 is 9.64 Å². The Bertz CT molecular complexity index is 937. The van der Waals surface area contributed by atoms with Crippen molar-refractivity contribution in [3.63, 3.8) is 0 Å². The lowest BCUT2D eigenvalue weighted by molar-refractivity contribution is -0.121. The molecule has 2 aliphatic rings. The molecule has 0 atom stereocenters. The van der Waals surface area contributed by atoms with Crippen LogP contribution in [-0.2, 0) is 22.6 Å². The van der Waals surface area contributed by atoms with E-state index < -0.39 is 5.91 Å². The number of nitrogens with zero attached hydrogens (tertiary/aromatic N) is 2. The Morgan fingerprint density at radius 3 is 2.41 bits per heavy atom. The zero-order valence-electron chi connectivity index (χ0n) is 14.9. The van der Waals surface area contributed by atoms with Gasteiger partial charge >= 0.3 is 0 Å². The number of amides is 2. The van der Waals surface area contributed by atoms with Crippen molar-refractivity contribution in [1.29, 1.82) is 0 Å². The summed E-state index contributed by atoms with van der Waals surface area (Å²) in [6, 6.07) is 15.0. The molecule has 2 aromatic carbocycles. The summed E-state index contributed by atoms with van der Waals surface area (Å²) in [4.78, 5) is 28.8. The number of anilines is 1. The first-order valence-electron chi connectivity index (χ1n) is 8.93. The summed E-state index contributed by atoms with van der Waals surface area (Å²) in [7, 11) is 0. The first-order valence-corrected chi connectivity index (χ1v) is 9.31. The highest BCUT2D eigenvalue weighted by Crippen LogP contribution is 2.34. The average Bonchev–Trinajstić information content (AvgIpc) is 2.91. The van der Waals surface area contributed by atoms with Gasteiger partial charge in [-0.05, 0) is 48.7 Å². The van der Waals surface area contributed by atoms with Crippen LogP contribution in [0.25, 0.3) is 0 Å². The van der Waals surface area contributed by atoms with Gasteiger partial charge in [0.25, 0.3) is 11.8 Å². The maximum absolute atomic E-state index is 13.0. The molecule has 0 unspecified atom stereocenters. The number of fused-ring (bicyclic) bond motifs is 1. The topological polar surface area (TPSA) is 49.9 Å². The highest BCUT2D eigenvalue weighted by molar-refractivity contribution is 6.52. The van der Waals surface area contributed by atoms with Gasteiger partial charge in [0.05, 0.1) is 12.3 Å². The van der Waals surface area contributed by atoms with Gasteiger partial charge in [-0.3, -0.25) is 9.59 Å². The Hall–Kier alpha value is -2.79. The fourth-order valence-electron chi connectivity index (χ4n) is 3.54. The van der Waals surface area contributed by atoms with E-state index in [0.717, 1.165) is 16.9 Å². The lowest BCUT2D eigenvalue weighted by Gasteiger charge is -2.31. The van der Waals surface area contributed by atoms with Crippen LogP contribution in [0.4, 0.5) is 5.69 Å². The highest BCUT2D eigenvalue weighted by Gasteiger charge is 2.41. The minimum Gasteiger partial charge on any atom is -0.494 e. The van der Waals surface area contributed by atoms with Crippen LogP contribution in [-0.4, -0.2) is 29.9 Å². The third kappa shape index (κ3) is 3.08. The van der Waals surface area contributed by atoms with Crippen LogP contribution in [0.5, 0.6) is 5.75 Å². The fourth-order valence-corrected chi connectivity index (χ4v) is 3.83. The largest absolute Gasteiger partial charge is 0.494 e. The lowest BCUT2D eigenvalue weighted by atomic mass is 9.99. The molecular formula is C21H19ClN2O3. The molecule has 2 amide bonds. The van der Waals surface area contributed by atoms with Crippen LogP contribution >= 0.6 is 11.6 Å². The standard InChI is InChI=1S/C21H19ClN2O3/c1-2-27-17-9-7-16(8-10-17)24-20(25)18(22)19(21(24)26)23-12-11-14-5-3-4-6-15(14)13-23/h3-10H,2,11-13H2,1H3. The summed E-state index contributed by atoms with van der Waals surface area (Å²) in [5, 5.41) is -0.0201. The summed E-state index contributed by atoms with van der Waals surface area (Å²) in [5.41, 5.74) is 3.19. The minimum absolute atomic E-state index is 0.0201. The van der Waals surface area contributed by atoms with Crippen LogP contribution in [0.15, 0.2) is 59.3 Å². The number of carbonyl (C=O) groups excluding carboxylic acids is 2. The molecule has 0 N–H and O–H groups in total. The van der Waals surface area contributed by atoms with Crippen LogP contribution < -0.4 is 9.64 Å². The maximum atomic E-state index is 13.0. The Morgan fingerprint density at radius 1 is 1.00 bits per heavy atom. The fraction of sp³-hybridized carbons (Fsp3) is 0.238. The summed E-state index contributed by atoms with van der Waals surface area (Å²) in [6.45, 7) is 3.67. The lowest BCUT2D eigenvalue weighted by Crippen LogP contribution is -2.37. The molecule has 0 spiro atoms. The summed E-state index contributed by atoms with van der Waals surface area (Å²) in [5.74, 6) is -0.180. The SMILES string of the molecule is CCOc1ccc(N2C(=O)C(Cl)=C(N3CCc4ccccc4C3)C2=O)cc1. The number of hydrogen-bond acceptors (Lipinski definition) is 4. The van der Waals surface area contributed by atoms with E-state index in [-0.39, 0.29) is 16.6 Å². The highest BCUT2D eigenvalue weighted by atomic mass is 35.5. The van der Waals surface area contributed by atoms with Crippen molar-refractivity contribution in [1.82, 2.24) is 4.90 Å². The molecule has 0 saturated carbocycles. The van der Waals surface area contributed by atoms with Crippen LogP contribution in [0.3, 0.4) is 0 Å². The second-order valence-corrected chi connectivity index (χ2v) is 6.85. The molecule has 4 rings (SSSR count). The molecule has 0 aromatic heterocycles. The molecule has 0 aliphatic carbocycles. The Kier molecular flexibility index (Phi) is 4.62. The maximum Gasteiger partial charge on any atom is 0.283 e. The molecule has 0 radical (unpaired) electrons. The van der Waals surface area contributed by atoms with Crippen molar-refractivity contribution in [2.75, 3.05) is 18.1 Å². The number of rotatable bonds is 4. The Balaban J connectivity index is 1.60. The van der Waals surface area contributed by atoms with Gasteiger partial charge in [-0.1, -0.05) is 35.9 Å². The summed E-state index contributed by atoms with van der Waals surface area (Å²) >= 11 is 6.31. The monoisotopic (exact) mass is 382 g/mol. The summed E-state index contributed by atoms with van der Waals surface area (Å²) in [6.07, 6.45) is 0.814. The first-order chi connectivity index (χ1) is 13.1. The van der Waals surface area contributed by atoms with Gasteiger partial charge in [0, 0.05) is 13.1 Å². The van der Waals surface area contributed by atoms with Gasteiger partial charge in [-0.25, -0.2) is 4.90 Å². The van der Waals surface area contributed by atoms with Crippen molar-refractivity contribution in [3.05, 3.63) is 70.4 Å². The number of ether oxygens (including phenoxy) is 1. The first kappa shape index (κ1) is 17.6. The van der Waals surface area contributed by atoms with Crippen molar-refractivity contribution in [2.24, 2.45) is 0 Å². The third-order valence-corrected chi connectivity index (χ3v) is 5.20. The van der Waals surface area contributed by atoms with Gasteiger partial charge in [0.2, 0.25) is 0 Å². The van der Waals surface area contributed by atoms with Gasteiger partial charge in [0.15, 0.2) is 0 Å². The predicted molar refractivity (Wildman–Crippen MR) is 104 cm³/mol. The Morgan fingerprint density at radius 2 is 1.70 bits per heavy atom. The van der Waals surface area contributed by atoms with Crippen LogP contribution in [0.1, 0.15) is 18.1 Å². The van der Waals surface area contributed by atoms with Gasteiger partial charge in [0.1, 0.15) is 16.5 Å². The minimum atomic E-state index is -0.486. The number of benzene rings is 2. The van der Waals surface area contributed by atoms with Gasteiger partial charge in [-0.2, -0.15) is 0 Å². The zero-order valence-corrected chi connectivity index (χ0v) is 15.7. The van der Waals surface area contributed by atoms with E-state index in [1.165, 1.54) is 5.56 Å². The smallest absolute Gasteiger partial charge is 0.283 e. The van der Waals surface area contributed by atoms with E-state index in [1.807, 2.05) is 30.0 Å². The molecule has 5 nitrogen and oxygen atoms in total. The third-order valence-electron chi connectivity index (χ3n) is 4.86. The molecule has 2 aromatic rings. The van der Waals surface area contributed by atoms with E-state index in [9.17, 15) is 9.59 Å². The molecule has 2 aliphatic heterocycles. The van der Waals surface area contributed by atoms with E-state index in [0.29, 0.717) is 31.1 Å².